The van der Waals surface area contributed by atoms with Gasteiger partial charge in [-0.15, -0.1) is 0 Å². The van der Waals surface area contributed by atoms with Crippen LogP contribution < -0.4 is 0 Å². The standard InChI is InChI=1S/C34H22ClN/c35-27-13-8-12-25(21-27)26-17-19-28(23-9-2-1-3-10-23)33(22-26)36-31-16-7-6-15-30(31)34-29-14-5-4-11-24(29)18-20-32(34)36/h1-22H. The topological polar surface area (TPSA) is 4.93 Å². The third kappa shape index (κ3) is 3.32. The molecule has 170 valence electrons. The van der Waals surface area contributed by atoms with E-state index >= 15 is 0 Å². The minimum atomic E-state index is 0.740. The van der Waals surface area contributed by atoms with Crippen molar-refractivity contribution in [3.05, 3.63) is 138 Å². The van der Waals surface area contributed by atoms with Gasteiger partial charge in [0.25, 0.3) is 0 Å². The van der Waals surface area contributed by atoms with Gasteiger partial charge in [-0.2, -0.15) is 0 Å². The first-order chi connectivity index (χ1) is 17.8. The maximum atomic E-state index is 6.37. The molecule has 0 spiro atoms. The summed E-state index contributed by atoms with van der Waals surface area (Å²) >= 11 is 6.37. The summed E-state index contributed by atoms with van der Waals surface area (Å²) in [4.78, 5) is 0. The molecule has 0 amide bonds. The van der Waals surface area contributed by atoms with E-state index in [-0.39, 0.29) is 0 Å². The fourth-order valence-corrected chi connectivity index (χ4v) is 5.62. The number of hydrogen-bond donors (Lipinski definition) is 0. The molecule has 6 aromatic carbocycles. The summed E-state index contributed by atoms with van der Waals surface area (Å²) < 4.78 is 2.42. The third-order valence-electron chi connectivity index (χ3n) is 7.04. The molecule has 1 aromatic heterocycles. The molecule has 36 heavy (non-hydrogen) atoms. The fourth-order valence-electron chi connectivity index (χ4n) is 5.42. The molecule has 7 rings (SSSR count). The van der Waals surface area contributed by atoms with Gasteiger partial charge in [-0.3, -0.25) is 0 Å². The number of para-hydroxylation sites is 1. The Balaban J connectivity index is 1.62. The van der Waals surface area contributed by atoms with Crippen LogP contribution in [0, 0.1) is 0 Å². The average molecular weight is 480 g/mol. The fraction of sp³-hybridized carbons (Fsp3) is 0. The van der Waals surface area contributed by atoms with Crippen LogP contribution in [-0.2, 0) is 0 Å². The molecule has 1 heterocycles. The Labute approximate surface area is 214 Å². The van der Waals surface area contributed by atoms with Crippen molar-refractivity contribution in [1.82, 2.24) is 4.57 Å². The monoisotopic (exact) mass is 479 g/mol. The van der Waals surface area contributed by atoms with E-state index in [0.717, 1.165) is 21.8 Å². The molecule has 1 nitrogen and oxygen atoms in total. The number of rotatable bonds is 3. The van der Waals surface area contributed by atoms with E-state index in [1.165, 1.54) is 43.7 Å². The Morgan fingerprint density at radius 3 is 2.06 bits per heavy atom. The van der Waals surface area contributed by atoms with Gasteiger partial charge in [-0.1, -0.05) is 115 Å². The zero-order valence-corrected chi connectivity index (χ0v) is 20.3. The molecule has 0 N–H and O–H groups in total. The second-order valence-electron chi connectivity index (χ2n) is 9.14. The van der Waals surface area contributed by atoms with Crippen LogP contribution in [0.1, 0.15) is 0 Å². The number of hydrogen-bond acceptors (Lipinski definition) is 0. The van der Waals surface area contributed by atoms with Crippen LogP contribution in [0.15, 0.2) is 133 Å². The molecule has 0 aliphatic heterocycles. The predicted octanol–water partition coefficient (Wildman–Crippen LogP) is 9.92. The molecule has 0 radical (unpaired) electrons. The van der Waals surface area contributed by atoms with Crippen LogP contribution in [-0.4, -0.2) is 4.57 Å². The van der Waals surface area contributed by atoms with Crippen molar-refractivity contribution in [3.8, 4) is 27.9 Å². The van der Waals surface area contributed by atoms with E-state index < -0.39 is 0 Å². The van der Waals surface area contributed by atoms with Gasteiger partial charge in [-0.25, -0.2) is 0 Å². The summed E-state index contributed by atoms with van der Waals surface area (Å²) in [6.45, 7) is 0. The lowest BCUT2D eigenvalue weighted by molar-refractivity contribution is 1.18. The lowest BCUT2D eigenvalue weighted by Gasteiger charge is -2.16. The Bertz CT molecular complexity index is 1900. The van der Waals surface area contributed by atoms with Gasteiger partial charge >= 0.3 is 0 Å². The van der Waals surface area contributed by atoms with Crippen molar-refractivity contribution in [2.45, 2.75) is 0 Å². The first kappa shape index (κ1) is 21.0. The van der Waals surface area contributed by atoms with Gasteiger partial charge < -0.3 is 4.57 Å². The predicted molar refractivity (Wildman–Crippen MR) is 154 cm³/mol. The van der Waals surface area contributed by atoms with Crippen LogP contribution in [0.25, 0.3) is 60.5 Å². The van der Waals surface area contributed by atoms with Gasteiger partial charge in [0.05, 0.1) is 16.7 Å². The lowest BCUT2D eigenvalue weighted by atomic mass is 9.98. The molecule has 0 fully saturated rings. The van der Waals surface area contributed by atoms with Crippen molar-refractivity contribution in [2.24, 2.45) is 0 Å². The molecule has 0 aliphatic carbocycles. The average Bonchev–Trinajstić information content (AvgIpc) is 3.28. The summed E-state index contributed by atoms with van der Waals surface area (Å²) in [5.41, 5.74) is 8.18. The van der Waals surface area contributed by atoms with E-state index in [2.05, 4.69) is 120 Å². The largest absolute Gasteiger partial charge is 0.309 e. The van der Waals surface area contributed by atoms with Crippen LogP contribution >= 0.6 is 11.6 Å². The first-order valence-corrected chi connectivity index (χ1v) is 12.5. The highest BCUT2D eigenvalue weighted by molar-refractivity contribution is 6.30. The van der Waals surface area contributed by atoms with Gasteiger partial charge in [0, 0.05) is 21.4 Å². The molecule has 0 aliphatic rings. The molecular formula is C34H22ClN. The number of benzene rings is 6. The van der Waals surface area contributed by atoms with Crippen LogP contribution in [0.3, 0.4) is 0 Å². The summed E-state index contributed by atoms with van der Waals surface area (Å²) in [7, 11) is 0. The Morgan fingerprint density at radius 2 is 1.19 bits per heavy atom. The molecule has 2 heteroatoms. The van der Waals surface area contributed by atoms with E-state index in [9.17, 15) is 0 Å². The summed E-state index contributed by atoms with van der Waals surface area (Å²) in [6.07, 6.45) is 0. The minimum Gasteiger partial charge on any atom is -0.309 e. The minimum absolute atomic E-state index is 0.740. The van der Waals surface area contributed by atoms with E-state index in [4.69, 9.17) is 11.6 Å². The normalized spacial score (nSPS) is 11.5. The summed E-state index contributed by atoms with van der Waals surface area (Å²) in [5, 5.41) is 5.82. The van der Waals surface area contributed by atoms with Crippen molar-refractivity contribution in [1.29, 1.82) is 0 Å². The Morgan fingerprint density at radius 1 is 0.472 bits per heavy atom. The number of halogens is 1. The highest BCUT2D eigenvalue weighted by Gasteiger charge is 2.18. The van der Waals surface area contributed by atoms with Crippen molar-refractivity contribution in [2.75, 3.05) is 0 Å². The quantitative estimate of drug-likeness (QED) is 0.237. The smallest absolute Gasteiger partial charge is 0.0547 e. The SMILES string of the molecule is Clc1cccc(-c2ccc(-c3ccccc3)c(-n3c4ccccc4c4c5ccccc5ccc43)c2)c1. The highest BCUT2D eigenvalue weighted by atomic mass is 35.5. The molecule has 0 unspecified atom stereocenters. The zero-order valence-electron chi connectivity index (χ0n) is 19.5. The molecular weight excluding hydrogens is 458 g/mol. The van der Waals surface area contributed by atoms with E-state index in [1.54, 1.807) is 0 Å². The molecule has 0 saturated heterocycles. The maximum absolute atomic E-state index is 6.37. The summed E-state index contributed by atoms with van der Waals surface area (Å²) in [6, 6.07) is 47.3. The third-order valence-corrected chi connectivity index (χ3v) is 7.28. The van der Waals surface area contributed by atoms with Crippen LogP contribution in [0.4, 0.5) is 0 Å². The summed E-state index contributed by atoms with van der Waals surface area (Å²) in [5.74, 6) is 0. The molecule has 0 bridgehead atoms. The number of aromatic nitrogens is 1. The van der Waals surface area contributed by atoms with Gasteiger partial charge in [0.15, 0.2) is 0 Å². The van der Waals surface area contributed by atoms with Gasteiger partial charge in [0.1, 0.15) is 0 Å². The van der Waals surface area contributed by atoms with Crippen molar-refractivity contribution < 1.29 is 0 Å². The highest BCUT2D eigenvalue weighted by Crippen LogP contribution is 2.40. The number of nitrogens with zero attached hydrogens (tertiary/aromatic N) is 1. The number of fused-ring (bicyclic) bond motifs is 5. The first-order valence-electron chi connectivity index (χ1n) is 12.1. The van der Waals surface area contributed by atoms with E-state index in [0.29, 0.717) is 0 Å². The van der Waals surface area contributed by atoms with Gasteiger partial charge in [-0.05, 0) is 57.8 Å². The van der Waals surface area contributed by atoms with Gasteiger partial charge in [0.2, 0.25) is 0 Å². The van der Waals surface area contributed by atoms with E-state index in [1.807, 2.05) is 18.2 Å². The Hall–Kier alpha value is -4.33. The maximum Gasteiger partial charge on any atom is 0.0547 e. The zero-order chi connectivity index (χ0) is 24.1. The Kier molecular flexibility index (Phi) is 4.90. The van der Waals surface area contributed by atoms with Crippen LogP contribution in [0.5, 0.6) is 0 Å². The second-order valence-corrected chi connectivity index (χ2v) is 9.58. The van der Waals surface area contributed by atoms with Crippen LogP contribution in [0.2, 0.25) is 5.02 Å². The molecule has 0 atom stereocenters. The molecule has 7 aromatic rings. The second kappa shape index (κ2) is 8.41. The van der Waals surface area contributed by atoms with Crippen molar-refractivity contribution >= 4 is 44.2 Å². The van der Waals surface area contributed by atoms with Crippen molar-refractivity contribution in [3.63, 3.8) is 0 Å². The molecule has 0 saturated carbocycles. The lowest BCUT2D eigenvalue weighted by Crippen LogP contribution is -1.98.